The zero-order valence-electron chi connectivity index (χ0n) is 9.37. The summed E-state index contributed by atoms with van der Waals surface area (Å²) in [5, 5.41) is 14.6. The van der Waals surface area contributed by atoms with Gasteiger partial charge in [0.2, 0.25) is 0 Å². The number of carbonyl (C=O) groups is 1. The first-order valence-electron chi connectivity index (χ1n) is 5.18. The Labute approximate surface area is 104 Å². The molecule has 1 unspecified atom stereocenters. The third-order valence-electron chi connectivity index (χ3n) is 2.15. The molecular weight excluding hydrogens is 246 g/mol. The minimum atomic E-state index is -0.795. The second-order valence-electron chi connectivity index (χ2n) is 4.13. The lowest BCUT2D eigenvalue weighted by Gasteiger charge is -2.15. The van der Waals surface area contributed by atoms with E-state index in [1.54, 1.807) is 0 Å². The zero-order valence-corrected chi connectivity index (χ0v) is 10.9. The Morgan fingerprint density at radius 3 is 2.75 bits per heavy atom. The SMILES string of the molecule is CC(C)CC(NCc1cc(Cl)cs1)C(=O)O. The van der Waals surface area contributed by atoms with E-state index in [1.165, 1.54) is 11.3 Å². The van der Waals surface area contributed by atoms with Crippen LogP contribution in [0.15, 0.2) is 11.4 Å². The highest BCUT2D eigenvalue weighted by Gasteiger charge is 2.18. The van der Waals surface area contributed by atoms with Crippen molar-refractivity contribution < 1.29 is 9.90 Å². The van der Waals surface area contributed by atoms with E-state index in [9.17, 15) is 4.79 Å². The van der Waals surface area contributed by atoms with Crippen LogP contribution in [0.3, 0.4) is 0 Å². The number of nitrogens with one attached hydrogen (secondary N) is 1. The van der Waals surface area contributed by atoms with Crippen LogP contribution in [0, 0.1) is 5.92 Å². The average molecular weight is 262 g/mol. The van der Waals surface area contributed by atoms with Crippen LogP contribution in [0.2, 0.25) is 5.02 Å². The minimum absolute atomic E-state index is 0.362. The number of carboxylic acid groups (broad SMARTS) is 1. The van der Waals surface area contributed by atoms with Gasteiger partial charge in [0.1, 0.15) is 6.04 Å². The van der Waals surface area contributed by atoms with Crippen molar-refractivity contribution in [1.82, 2.24) is 5.32 Å². The van der Waals surface area contributed by atoms with Gasteiger partial charge in [0.15, 0.2) is 0 Å². The molecule has 0 amide bonds. The molecule has 0 saturated heterocycles. The van der Waals surface area contributed by atoms with E-state index < -0.39 is 12.0 Å². The van der Waals surface area contributed by atoms with E-state index in [0.717, 1.165) is 4.88 Å². The molecule has 0 bridgehead atoms. The molecule has 0 saturated carbocycles. The Hall–Kier alpha value is -0.580. The van der Waals surface area contributed by atoms with Crippen molar-refractivity contribution >= 4 is 28.9 Å². The Morgan fingerprint density at radius 2 is 2.31 bits per heavy atom. The molecule has 2 N–H and O–H groups in total. The van der Waals surface area contributed by atoms with Crippen molar-refractivity contribution in [3.63, 3.8) is 0 Å². The molecule has 1 aromatic heterocycles. The summed E-state index contributed by atoms with van der Waals surface area (Å²) in [4.78, 5) is 12.0. The lowest BCUT2D eigenvalue weighted by molar-refractivity contribution is -0.139. The molecule has 0 spiro atoms. The van der Waals surface area contributed by atoms with E-state index in [4.69, 9.17) is 16.7 Å². The fourth-order valence-electron chi connectivity index (χ4n) is 1.41. The molecule has 0 aromatic carbocycles. The van der Waals surface area contributed by atoms with Crippen molar-refractivity contribution in [3.8, 4) is 0 Å². The molecule has 1 heterocycles. The van der Waals surface area contributed by atoms with Crippen LogP contribution in [0.4, 0.5) is 0 Å². The topological polar surface area (TPSA) is 49.3 Å². The number of halogens is 1. The maximum Gasteiger partial charge on any atom is 0.320 e. The van der Waals surface area contributed by atoms with Gasteiger partial charge < -0.3 is 5.11 Å². The number of aliphatic carboxylic acids is 1. The van der Waals surface area contributed by atoms with Crippen molar-refractivity contribution in [2.24, 2.45) is 5.92 Å². The lowest BCUT2D eigenvalue weighted by atomic mass is 10.0. The van der Waals surface area contributed by atoms with Gasteiger partial charge in [0.25, 0.3) is 0 Å². The standard InChI is InChI=1S/C11H16ClNO2S/c1-7(2)3-10(11(14)15)13-5-9-4-8(12)6-16-9/h4,6-7,10,13H,3,5H2,1-2H3,(H,14,15). The first kappa shape index (κ1) is 13.5. The van der Waals surface area contributed by atoms with Crippen LogP contribution < -0.4 is 5.32 Å². The molecule has 1 rings (SSSR count). The van der Waals surface area contributed by atoms with Gasteiger partial charge in [-0.3, -0.25) is 10.1 Å². The predicted octanol–water partition coefficient (Wildman–Crippen LogP) is 2.99. The van der Waals surface area contributed by atoms with Gasteiger partial charge in [-0.15, -0.1) is 11.3 Å². The fourth-order valence-corrected chi connectivity index (χ4v) is 2.44. The maximum atomic E-state index is 11.0. The first-order chi connectivity index (χ1) is 7.49. The highest BCUT2D eigenvalue weighted by Crippen LogP contribution is 2.19. The molecule has 0 aliphatic heterocycles. The molecular formula is C11H16ClNO2S. The molecule has 0 aliphatic carbocycles. The molecule has 1 atom stereocenters. The van der Waals surface area contributed by atoms with Gasteiger partial charge in [-0.05, 0) is 18.4 Å². The fraction of sp³-hybridized carbons (Fsp3) is 0.545. The molecule has 16 heavy (non-hydrogen) atoms. The minimum Gasteiger partial charge on any atom is -0.480 e. The highest BCUT2D eigenvalue weighted by molar-refractivity contribution is 7.10. The van der Waals surface area contributed by atoms with Crippen LogP contribution >= 0.6 is 22.9 Å². The van der Waals surface area contributed by atoms with E-state index in [2.05, 4.69) is 5.32 Å². The van der Waals surface area contributed by atoms with Crippen molar-refractivity contribution in [3.05, 3.63) is 21.3 Å². The second-order valence-corrected chi connectivity index (χ2v) is 5.56. The predicted molar refractivity (Wildman–Crippen MR) is 67.0 cm³/mol. The van der Waals surface area contributed by atoms with Gasteiger partial charge in [0, 0.05) is 16.8 Å². The summed E-state index contributed by atoms with van der Waals surface area (Å²) < 4.78 is 0. The van der Waals surface area contributed by atoms with E-state index in [-0.39, 0.29) is 0 Å². The molecule has 3 nitrogen and oxygen atoms in total. The highest BCUT2D eigenvalue weighted by atomic mass is 35.5. The van der Waals surface area contributed by atoms with Crippen LogP contribution in [-0.4, -0.2) is 17.1 Å². The number of rotatable bonds is 6. The first-order valence-corrected chi connectivity index (χ1v) is 6.44. The summed E-state index contributed by atoms with van der Waals surface area (Å²) in [5.41, 5.74) is 0. The van der Waals surface area contributed by atoms with Gasteiger partial charge in [-0.25, -0.2) is 0 Å². The van der Waals surface area contributed by atoms with Gasteiger partial charge >= 0.3 is 5.97 Å². The Morgan fingerprint density at radius 1 is 1.62 bits per heavy atom. The Kier molecular flexibility index (Phi) is 5.25. The van der Waals surface area contributed by atoms with Crippen LogP contribution in [0.1, 0.15) is 25.1 Å². The average Bonchev–Trinajstić information content (AvgIpc) is 2.58. The molecule has 0 radical (unpaired) electrons. The maximum absolute atomic E-state index is 11.0. The monoisotopic (exact) mass is 261 g/mol. The van der Waals surface area contributed by atoms with Crippen molar-refractivity contribution in [1.29, 1.82) is 0 Å². The molecule has 1 aromatic rings. The lowest BCUT2D eigenvalue weighted by Crippen LogP contribution is -2.37. The molecule has 5 heteroatoms. The summed E-state index contributed by atoms with van der Waals surface area (Å²) in [7, 11) is 0. The number of hydrogen-bond acceptors (Lipinski definition) is 3. The van der Waals surface area contributed by atoms with Crippen LogP contribution in [0.25, 0.3) is 0 Å². The van der Waals surface area contributed by atoms with E-state index >= 15 is 0 Å². The van der Waals surface area contributed by atoms with Crippen LogP contribution in [0.5, 0.6) is 0 Å². The summed E-state index contributed by atoms with van der Waals surface area (Å²) >= 11 is 7.32. The normalized spacial score (nSPS) is 13.0. The number of carboxylic acids is 1. The van der Waals surface area contributed by atoms with Gasteiger partial charge in [-0.2, -0.15) is 0 Å². The quantitative estimate of drug-likeness (QED) is 0.828. The Bertz CT molecular complexity index is 352. The number of thiophene rings is 1. The van der Waals surface area contributed by atoms with Crippen molar-refractivity contribution in [2.45, 2.75) is 32.9 Å². The number of hydrogen-bond donors (Lipinski definition) is 2. The summed E-state index contributed by atoms with van der Waals surface area (Å²) in [5.74, 6) is -0.433. The van der Waals surface area contributed by atoms with Crippen molar-refractivity contribution in [2.75, 3.05) is 0 Å². The van der Waals surface area contributed by atoms with Gasteiger partial charge in [-0.1, -0.05) is 25.4 Å². The summed E-state index contributed by atoms with van der Waals surface area (Å²) in [6.07, 6.45) is 0.633. The smallest absolute Gasteiger partial charge is 0.320 e. The summed E-state index contributed by atoms with van der Waals surface area (Å²) in [6.45, 7) is 4.58. The third-order valence-corrected chi connectivity index (χ3v) is 3.43. The molecule has 90 valence electrons. The largest absolute Gasteiger partial charge is 0.480 e. The Balaban J connectivity index is 2.46. The second kappa shape index (κ2) is 6.23. The summed E-state index contributed by atoms with van der Waals surface area (Å²) in [6, 6.07) is 1.37. The van der Waals surface area contributed by atoms with E-state index in [0.29, 0.717) is 23.9 Å². The zero-order chi connectivity index (χ0) is 12.1. The molecule has 0 fully saturated rings. The van der Waals surface area contributed by atoms with Crippen LogP contribution in [-0.2, 0) is 11.3 Å². The third kappa shape index (κ3) is 4.51. The van der Waals surface area contributed by atoms with E-state index in [1.807, 2.05) is 25.3 Å². The molecule has 0 aliphatic rings. The van der Waals surface area contributed by atoms with Gasteiger partial charge in [0.05, 0.1) is 5.02 Å².